The first-order valence-corrected chi connectivity index (χ1v) is 9.71. The number of benzene rings is 3. The van der Waals surface area contributed by atoms with E-state index < -0.39 is 17.5 Å². The van der Waals surface area contributed by atoms with Gasteiger partial charge < -0.3 is 4.74 Å². The lowest BCUT2D eigenvalue weighted by Crippen LogP contribution is -1.98. The summed E-state index contributed by atoms with van der Waals surface area (Å²) in [5, 5.41) is 5.61. The van der Waals surface area contributed by atoms with Crippen molar-refractivity contribution in [3.05, 3.63) is 84.3 Å². The molecule has 0 radical (unpaired) electrons. The Labute approximate surface area is 175 Å². The van der Waals surface area contributed by atoms with E-state index >= 15 is 0 Å². The third-order valence-corrected chi connectivity index (χ3v) is 5.04. The highest BCUT2D eigenvalue weighted by molar-refractivity contribution is 6.08. The molecule has 0 N–H and O–H groups in total. The van der Waals surface area contributed by atoms with E-state index in [0.29, 0.717) is 28.9 Å². The maximum Gasteiger partial charge on any atom is 0.152 e. The summed E-state index contributed by atoms with van der Waals surface area (Å²) in [4.78, 5) is 4.22. The van der Waals surface area contributed by atoms with Crippen LogP contribution < -0.4 is 4.74 Å². The molecule has 0 bridgehead atoms. The van der Waals surface area contributed by atoms with Crippen LogP contribution in [0, 0.1) is 17.5 Å². The summed E-state index contributed by atoms with van der Waals surface area (Å²) in [6, 6.07) is 15.1. The molecule has 0 spiro atoms. The van der Waals surface area contributed by atoms with Gasteiger partial charge in [0, 0.05) is 28.6 Å². The highest BCUT2D eigenvalue weighted by atomic mass is 19.1. The first-order chi connectivity index (χ1) is 15.0. The molecule has 7 heteroatoms. The van der Waals surface area contributed by atoms with Crippen molar-refractivity contribution in [2.75, 3.05) is 6.61 Å². The summed E-state index contributed by atoms with van der Waals surface area (Å²) in [7, 11) is 0. The van der Waals surface area contributed by atoms with Gasteiger partial charge in [-0.25, -0.2) is 17.9 Å². The molecule has 0 saturated carbocycles. The average Bonchev–Trinajstić information content (AvgIpc) is 3.15. The Hall–Kier alpha value is -3.87. The molecule has 4 nitrogen and oxygen atoms in total. The summed E-state index contributed by atoms with van der Waals surface area (Å²) in [6.07, 6.45) is 1.53. The van der Waals surface area contributed by atoms with Crippen LogP contribution >= 0.6 is 0 Å². The van der Waals surface area contributed by atoms with Crippen LogP contribution in [0.4, 0.5) is 13.2 Å². The van der Waals surface area contributed by atoms with E-state index in [-0.39, 0.29) is 10.9 Å². The van der Waals surface area contributed by atoms with Crippen LogP contribution in [0.2, 0.25) is 0 Å². The minimum atomic E-state index is -0.758. The zero-order valence-corrected chi connectivity index (χ0v) is 16.4. The van der Waals surface area contributed by atoms with E-state index in [1.165, 1.54) is 24.4 Å². The second-order valence-electron chi connectivity index (χ2n) is 7.00. The monoisotopic (exact) mass is 419 g/mol. The van der Waals surface area contributed by atoms with Gasteiger partial charge >= 0.3 is 0 Å². The van der Waals surface area contributed by atoms with Crippen LogP contribution in [0.5, 0.6) is 5.75 Å². The molecule has 0 aliphatic carbocycles. The van der Waals surface area contributed by atoms with Gasteiger partial charge in [-0.3, -0.25) is 4.98 Å². The number of pyridine rings is 1. The maximum absolute atomic E-state index is 14.4. The molecule has 2 aromatic heterocycles. The van der Waals surface area contributed by atoms with Gasteiger partial charge in [0.05, 0.1) is 17.8 Å². The Kier molecular flexibility index (Phi) is 4.58. The number of hydrogen-bond donors (Lipinski definition) is 0. The molecule has 0 atom stereocenters. The fourth-order valence-electron chi connectivity index (χ4n) is 3.68. The van der Waals surface area contributed by atoms with E-state index in [4.69, 9.17) is 9.84 Å². The van der Waals surface area contributed by atoms with Gasteiger partial charge in [0.1, 0.15) is 28.6 Å². The third-order valence-electron chi connectivity index (χ3n) is 5.04. The lowest BCUT2D eigenvalue weighted by atomic mass is 10.1. The van der Waals surface area contributed by atoms with Crippen molar-refractivity contribution in [2.24, 2.45) is 0 Å². The molecule has 0 amide bonds. The second-order valence-corrected chi connectivity index (χ2v) is 7.00. The van der Waals surface area contributed by atoms with Crippen LogP contribution in [0.25, 0.3) is 38.8 Å². The van der Waals surface area contributed by atoms with E-state index in [9.17, 15) is 13.2 Å². The van der Waals surface area contributed by atoms with Crippen molar-refractivity contribution in [1.82, 2.24) is 14.8 Å². The minimum absolute atomic E-state index is 0.0374. The van der Waals surface area contributed by atoms with Crippen LogP contribution in [0.1, 0.15) is 6.92 Å². The van der Waals surface area contributed by atoms with Crippen LogP contribution in [0.3, 0.4) is 0 Å². The van der Waals surface area contributed by atoms with E-state index in [0.717, 1.165) is 17.4 Å². The van der Waals surface area contributed by atoms with Gasteiger partial charge in [-0.2, -0.15) is 5.10 Å². The number of fused-ring (bicyclic) bond motifs is 3. The predicted octanol–water partition coefficient (Wildman–Crippen LogP) is 6.06. The molecule has 0 unspecified atom stereocenters. The fourth-order valence-corrected chi connectivity index (χ4v) is 3.68. The van der Waals surface area contributed by atoms with Crippen molar-refractivity contribution in [2.45, 2.75) is 6.92 Å². The van der Waals surface area contributed by atoms with E-state index in [1.807, 2.05) is 31.2 Å². The number of halogens is 3. The molecule has 0 fully saturated rings. The van der Waals surface area contributed by atoms with Crippen molar-refractivity contribution in [3.63, 3.8) is 0 Å². The number of aromatic nitrogens is 3. The number of ether oxygens (including phenoxy) is 1. The van der Waals surface area contributed by atoms with E-state index in [2.05, 4.69) is 4.98 Å². The quantitative estimate of drug-likeness (QED) is 0.356. The molecule has 154 valence electrons. The third kappa shape index (κ3) is 3.28. The summed E-state index contributed by atoms with van der Waals surface area (Å²) < 4.78 is 49.1. The Morgan fingerprint density at radius 1 is 0.871 bits per heavy atom. The molecule has 0 aliphatic rings. The summed E-state index contributed by atoms with van der Waals surface area (Å²) in [5.41, 5.74) is 2.45. The fraction of sp³-hybridized carbons (Fsp3) is 0.0833. The first-order valence-electron chi connectivity index (χ1n) is 9.71. The molecule has 5 aromatic rings. The topological polar surface area (TPSA) is 39.9 Å². The predicted molar refractivity (Wildman–Crippen MR) is 113 cm³/mol. The largest absolute Gasteiger partial charge is 0.494 e. The van der Waals surface area contributed by atoms with Crippen molar-refractivity contribution in [3.8, 4) is 22.7 Å². The first kappa shape index (κ1) is 19.1. The molecule has 0 aliphatic heterocycles. The Bertz CT molecular complexity index is 1410. The van der Waals surface area contributed by atoms with Gasteiger partial charge in [-0.05, 0) is 61.5 Å². The average molecular weight is 419 g/mol. The van der Waals surface area contributed by atoms with Crippen LogP contribution in [-0.4, -0.2) is 21.4 Å². The van der Waals surface area contributed by atoms with Gasteiger partial charge in [-0.15, -0.1) is 0 Å². The number of hydrogen-bond acceptors (Lipinski definition) is 3. The van der Waals surface area contributed by atoms with Crippen LogP contribution in [-0.2, 0) is 0 Å². The molecule has 31 heavy (non-hydrogen) atoms. The van der Waals surface area contributed by atoms with Crippen molar-refractivity contribution >= 4 is 21.8 Å². The zero-order valence-electron chi connectivity index (χ0n) is 16.4. The van der Waals surface area contributed by atoms with Gasteiger partial charge in [-0.1, -0.05) is 0 Å². The summed E-state index contributed by atoms with van der Waals surface area (Å²) in [6.45, 7) is 2.45. The highest BCUT2D eigenvalue weighted by Crippen LogP contribution is 2.35. The Balaban J connectivity index is 1.83. The zero-order chi connectivity index (χ0) is 21.5. The smallest absolute Gasteiger partial charge is 0.152 e. The van der Waals surface area contributed by atoms with Crippen molar-refractivity contribution < 1.29 is 17.9 Å². The standard InChI is InChI=1S/C24H16F3N3O/c1-2-31-18-9-3-14(4-10-18)22-20-13-28-23-19(11-16(26)12-21(23)27)24(20)30(29-22)17-7-5-15(25)6-8-17/h3-13H,2H2,1H3. The summed E-state index contributed by atoms with van der Waals surface area (Å²) >= 11 is 0. The second kappa shape index (κ2) is 7.43. The van der Waals surface area contributed by atoms with Crippen molar-refractivity contribution in [1.29, 1.82) is 0 Å². The molecular formula is C24H16F3N3O. The lowest BCUT2D eigenvalue weighted by Gasteiger charge is -2.06. The summed E-state index contributed by atoms with van der Waals surface area (Å²) in [5.74, 6) is -1.14. The molecular weight excluding hydrogens is 403 g/mol. The molecule has 5 rings (SSSR count). The Morgan fingerprint density at radius 2 is 1.61 bits per heavy atom. The lowest BCUT2D eigenvalue weighted by molar-refractivity contribution is 0.340. The molecule has 3 aromatic carbocycles. The molecule has 2 heterocycles. The number of nitrogens with zero attached hydrogens (tertiary/aromatic N) is 3. The highest BCUT2D eigenvalue weighted by Gasteiger charge is 2.19. The van der Waals surface area contributed by atoms with Gasteiger partial charge in [0.2, 0.25) is 0 Å². The SMILES string of the molecule is CCOc1ccc(-c2nn(-c3ccc(F)cc3)c3c2cnc2c(F)cc(F)cc23)cc1. The normalized spacial score (nSPS) is 11.4. The minimum Gasteiger partial charge on any atom is -0.494 e. The Morgan fingerprint density at radius 3 is 2.32 bits per heavy atom. The number of rotatable bonds is 4. The molecule has 0 saturated heterocycles. The van der Waals surface area contributed by atoms with E-state index in [1.54, 1.807) is 16.8 Å². The van der Waals surface area contributed by atoms with Gasteiger partial charge in [0.15, 0.2) is 5.82 Å². The maximum atomic E-state index is 14.4. The van der Waals surface area contributed by atoms with Gasteiger partial charge in [0.25, 0.3) is 0 Å². The van der Waals surface area contributed by atoms with Crippen LogP contribution in [0.15, 0.2) is 66.9 Å².